The van der Waals surface area contributed by atoms with E-state index in [-0.39, 0.29) is 5.91 Å². The number of hydrogen-bond acceptors (Lipinski definition) is 2. The minimum atomic E-state index is 0.103. The number of carbonyl (C=O) groups is 1. The van der Waals surface area contributed by atoms with E-state index in [2.05, 4.69) is 0 Å². The Morgan fingerprint density at radius 3 is 2.74 bits per heavy atom. The minimum absolute atomic E-state index is 0.103. The van der Waals surface area contributed by atoms with Gasteiger partial charge in [0.05, 0.1) is 0 Å². The fourth-order valence-electron chi connectivity index (χ4n) is 2.67. The van der Waals surface area contributed by atoms with Gasteiger partial charge in [-0.25, -0.2) is 0 Å². The van der Waals surface area contributed by atoms with Crippen LogP contribution in [-0.4, -0.2) is 30.4 Å². The zero-order valence-electron chi connectivity index (χ0n) is 11.4. The number of nitrogens with zero attached hydrogens (tertiary/aromatic N) is 1. The van der Waals surface area contributed by atoms with Crippen LogP contribution in [0, 0.1) is 12.8 Å². The quantitative estimate of drug-likeness (QED) is 0.925. The maximum atomic E-state index is 12.5. The summed E-state index contributed by atoms with van der Waals surface area (Å²) in [4.78, 5) is 14.4. The highest BCUT2D eigenvalue weighted by Gasteiger charge is 2.24. The Balaban J connectivity index is 2.03. The first-order valence-corrected chi connectivity index (χ1v) is 7.25. The van der Waals surface area contributed by atoms with Crippen LogP contribution in [0.5, 0.6) is 0 Å². The molecule has 1 aliphatic rings. The van der Waals surface area contributed by atoms with Gasteiger partial charge in [0.25, 0.3) is 5.91 Å². The van der Waals surface area contributed by atoms with Gasteiger partial charge in [-0.15, -0.1) is 0 Å². The Hall–Kier alpha value is -1.06. The second-order valence-corrected chi connectivity index (χ2v) is 5.63. The Kier molecular flexibility index (Phi) is 4.83. The summed E-state index contributed by atoms with van der Waals surface area (Å²) in [6.45, 7) is 4.30. The van der Waals surface area contributed by atoms with E-state index in [1.165, 1.54) is 0 Å². The van der Waals surface area contributed by atoms with Crippen molar-refractivity contribution in [2.24, 2.45) is 11.7 Å². The van der Waals surface area contributed by atoms with Crippen LogP contribution in [0.4, 0.5) is 0 Å². The summed E-state index contributed by atoms with van der Waals surface area (Å²) in [6.07, 6.45) is 3.18. The highest BCUT2D eigenvalue weighted by Crippen LogP contribution is 2.24. The molecule has 0 spiro atoms. The summed E-state index contributed by atoms with van der Waals surface area (Å²) in [5, 5.41) is 0.656. The first-order chi connectivity index (χ1) is 9.13. The van der Waals surface area contributed by atoms with Gasteiger partial charge < -0.3 is 10.6 Å². The Labute approximate surface area is 119 Å². The number of hydrogen-bond donors (Lipinski definition) is 1. The van der Waals surface area contributed by atoms with Crippen LogP contribution in [0.25, 0.3) is 0 Å². The molecule has 1 aromatic carbocycles. The first-order valence-electron chi connectivity index (χ1n) is 6.88. The van der Waals surface area contributed by atoms with Gasteiger partial charge in [0.1, 0.15) is 0 Å². The molecule has 0 unspecified atom stereocenters. The van der Waals surface area contributed by atoms with Gasteiger partial charge in [0.2, 0.25) is 0 Å². The highest BCUT2D eigenvalue weighted by atomic mass is 35.5. The zero-order valence-corrected chi connectivity index (χ0v) is 12.1. The van der Waals surface area contributed by atoms with Crippen molar-refractivity contribution in [3.63, 3.8) is 0 Å². The van der Waals surface area contributed by atoms with Crippen molar-refractivity contribution in [3.05, 3.63) is 34.3 Å². The van der Waals surface area contributed by atoms with Crippen LogP contribution < -0.4 is 5.73 Å². The van der Waals surface area contributed by atoms with E-state index < -0.39 is 0 Å². The molecule has 1 saturated heterocycles. The predicted molar refractivity (Wildman–Crippen MR) is 78.5 cm³/mol. The van der Waals surface area contributed by atoms with Gasteiger partial charge in [-0.05, 0) is 56.3 Å². The van der Waals surface area contributed by atoms with Crippen LogP contribution in [0.15, 0.2) is 18.2 Å². The van der Waals surface area contributed by atoms with E-state index in [1.807, 2.05) is 30.0 Å². The van der Waals surface area contributed by atoms with E-state index in [0.29, 0.717) is 10.9 Å². The first kappa shape index (κ1) is 14.4. The van der Waals surface area contributed by atoms with E-state index in [0.717, 1.165) is 50.0 Å². The average Bonchev–Trinajstić information content (AvgIpc) is 2.42. The van der Waals surface area contributed by atoms with Gasteiger partial charge in [-0.1, -0.05) is 17.7 Å². The van der Waals surface area contributed by atoms with Gasteiger partial charge in [0, 0.05) is 23.7 Å². The molecule has 0 saturated carbocycles. The molecule has 1 aromatic rings. The molecule has 3 nitrogen and oxygen atoms in total. The maximum Gasteiger partial charge on any atom is 0.254 e. The topological polar surface area (TPSA) is 46.3 Å². The van der Waals surface area contributed by atoms with E-state index in [4.69, 9.17) is 17.3 Å². The van der Waals surface area contributed by atoms with Gasteiger partial charge in [0.15, 0.2) is 0 Å². The van der Waals surface area contributed by atoms with Crippen LogP contribution in [0.3, 0.4) is 0 Å². The fourth-order valence-corrected chi connectivity index (χ4v) is 2.84. The Morgan fingerprint density at radius 1 is 1.42 bits per heavy atom. The fraction of sp³-hybridized carbons (Fsp3) is 0.533. The number of halogens is 1. The van der Waals surface area contributed by atoms with Crippen LogP contribution >= 0.6 is 11.6 Å². The molecule has 104 valence electrons. The third-order valence-electron chi connectivity index (χ3n) is 3.97. The van der Waals surface area contributed by atoms with Gasteiger partial charge in [-0.3, -0.25) is 4.79 Å². The molecule has 0 aromatic heterocycles. The summed E-state index contributed by atoms with van der Waals surface area (Å²) >= 11 is 6.08. The number of amides is 1. The van der Waals surface area contributed by atoms with Crippen molar-refractivity contribution < 1.29 is 4.79 Å². The minimum Gasteiger partial charge on any atom is -0.339 e. The molecule has 0 radical (unpaired) electrons. The van der Waals surface area contributed by atoms with Crippen molar-refractivity contribution in [2.75, 3.05) is 19.6 Å². The average molecular weight is 281 g/mol. The Bertz CT molecular complexity index is 453. The highest BCUT2D eigenvalue weighted by molar-refractivity contribution is 6.31. The molecule has 19 heavy (non-hydrogen) atoms. The molecular weight excluding hydrogens is 260 g/mol. The summed E-state index contributed by atoms with van der Waals surface area (Å²) in [5.41, 5.74) is 7.19. The lowest BCUT2D eigenvalue weighted by Gasteiger charge is -2.32. The number of nitrogens with two attached hydrogens (primary N) is 1. The molecular formula is C15H21ClN2O. The zero-order chi connectivity index (χ0) is 13.8. The van der Waals surface area contributed by atoms with Crippen LogP contribution in [0.2, 0.25) is 5.02 Å². The predicted octanol–water partition coefficient (Wildman–Crippen LogP) is 2.85. The summed E-state index contributed by atoms with van der Waals surface area (Å²) in [6, 6.07) is 5.51. The molecule has 1 amide bonds. The van der Waals surface area contributed by atoms with Crippen molar-refractivity contribution in [1.82, 2.24) is 4.90 Å². The molecule has 1 fully saturated rings. The molecule has 2 rings (SSSR count). The van der Waals surface area contributed by atoms with Crippen LogP contribution in [-0.2, 0) is 0 Å². The monoisotopic (exact) mass is 280 g/mol. The number of piperidine rings is 1. The smallest absolute Gasteiger partial charge is 0.254 e. The van der Waals surface area contributed by atoms with Crippen molar-refractivity contribution in [1.29, 1.82) is 0 Å². The summed E-state index contributed by atoms with van der Waals surface area (Å²) in [5.74, 6) is 0.778. The van der Waals surface area contributed by atoms with E-state index >= 15 is 0 Å². The number of benzene rings is 1. The van der Waals surface area contributed by atoms with Crippen molar-refractivity contribution >= 4 is 17.5 Å². The molecule has 4 heteroatoms. The third-order valence-corrected chi connectivity index (χ3v) is 4.38. The van der Waals surface area contributed by atoms with Gasteiger partial charge >= 0.3 is 0 Å². The van der Waals surface area contributed by atoms with Crippen LogP contribution in [0.1, 0.15) is 35.2 Å². The molecule has 2 N–H and O–H groups in total. The maximum absolute atomic E-state index is 12.5. The summed E-state index contributed by atoms with van der Waals surface area (Å²) < 4.78 is 0. The van der Waals surface area contributed by atoms with Crippen molar-refractivity contribution in [3.8, 4) is 0 Å². The van der Waals surface area contributed by atoms with Crippen molar-refractivity contribution in [2.45, 2.75) is 26.2 Å². The third kappa shape index (κ3) is 3.28. The second kappa shape index (κ2) is 6.40. The van der Waals surface area contributed by atoms with Gasteiger partial charge in [-0.2, -0.15) is 0 Å². The largest absolute Gasteiger partial charge is 0.339 e. The number of likely N-dealkylation sites (tertiary alicyclic amines) is 1. The molecule has 1 heterocycles. The van der Waals surface area contributed by atoms with E-state index in [9.17, 15) is 4.79 Å². The SMILES string of the molecule is Cc1c(Cl)cccc1C(=O)N1CCC(CCN)CC1. The molecule has 1 aliphatic heterocycles. The lowest BCUT2D eigenvalue weighted by molar-refractivity contribution is 0.0687. The molecule has 0 atom stereocenters. The second-order valence-electron chi connectivity index (χ2n) is 5.23. The number of carbonyl (C=O) groups excluding carboxylic acids is 1. The lowest BCUT2D eigenvalue weighted by atomic mass is 9.93. The summed E-state index contributed by atoms with van der Waals surface area (Å²) in [7, 11) is 0. The number of rotatable bonds is 3. The standard InChI is InChI=1S/C15H21ClN2O/c1-11-13(3-2-4-14(11)16)15(19)18-9-6-12(5-8-17)7-10-18/h2-4,12H,5-10,17H2,1H3. The van der Waals surface area contributed by atoms with E-state index in [1.54, 1.807) is 0 Å². The molecule has 0 aliphatic carbocycles. The lowest BCUT2D eigenvalue weighted by Crippen LogP contribution is -2.39. The Morgan fingerprint density at radius 2 is 2.11 bits per heavy atom. The molecule has 0 bridgehead atoms. The normalized spacial score (nSPS) is 16.7.